The van der Waals surface area contributed by atoms with Crippen molar-refractivity contribution in [3.63, 3.8) is 0 Å². The molecule has 0 amide bonds. The fraction of sp³-hybridized carbons (Fsp3) is 0.550. The van der Waals surface area contributed by atoms with Crippen molar-refractivity contribution in [2.24, 2.45) is 11.8 Å². The van der Waals surface area contributed by atoms with E-state index in [0.717, 1.165) is 31.6 Å². The minimum Gasteiger partial charge on any atom is -0.352 e. The van der Waals surface area contributed by atoms with Crippen molar-refractivity contribution in [3.05, 3.63) is 47.5 Å². The summed E-state index contributed by atoms with van der Waals surface area (Å²) in [6.07, 6.45) is 5.53. The van der Waals surface area contributed by atoms with Crippen LogP contribution in [0.3, 0.4) is 0 Å². The maximum Gasteiger partial charge on any atom is 0.183 e. The summed E-state index contributed by atoms with van der Waals surface area (Å²) in [6.45, 7) is 4.80. The van der Waals surface area contributed by atoms with Gasteiger partial charge in [-0.1, -0.05) is 24.3 Å². The third-order valence-corrected chi connectivity index (χ3v) is 4.55. The normalized spacial score (nSPS) is 30.2. The molecule has 0 unspecified atom stereocenters. The lowest BCUT2D eigenvalue weighted by molar-refractivity contribution is -0.217. The van der Waals surface area contributed by atoms with Gasteiger partial charge in [0.15, 0.2) is 12.6 Å². The van der Waals surface area contributed by atoms with E-state index in [2.05, 4.69) is 12.1 Å². The molecule has 5 heteroatoms. The van der Waals surface area contributed by atoms with E-state index in [1.165, 1.54) is 0 Å². The zero-order chi connectivity index (χ0) is 17.5. The molecule has 1 aromatic rings. The van der Waals surface area contributed by atoms with Gasteiger partial charge in [-0.15, -0.1) is 0 Å². The van der Waals surface area contributed by atoms with Crippen molar-refractivity contribution in [2.45, 2.75) is 32.3 Å². The van der Waals surface area contributed by atoms with Gasteiger partial charge in [-0.3, -0.25) is 0 Å². The average Bonchev–Trinajstić information content (AvgIpc) is 2.68. The van der Waals surface area contributed by atoms with E-state index in [1.54, 1.807) is 12.1 Å². The molecular weight excluding hydrogens is 318 g/mol. The first-order valence-electron chi connectivity index (χ1n) is 8.87. The summed E-state index contributed by atoms with van der Waals surface area (Å²) in [7, 11) is 0. The van der Waals surface area contributed by atoms with Crippen LogP contribution in [0.4, 0.5) is 0 Å². The van der Waals surface area contributed by atoms with Gasteiger partial charge in [0, 0.05) is 17.4 Å². The van der Waals surface area contributed by atoms with Crippen LogP contribution in [0.5, 0.6) is 0 Å². The summed E-state index contributed by atoms with van der Waals surface area (Å²) < 4.78 is 23.2. The fourth-order valence-corrected chi connectivity index (χ4v) is 3.10. The molecule has 0 aromatic heterocycles. The Morgan fingerprint density at radius 3 is 2.28 bits per heavy atom. The average molecular weight is 343 g/mol. The van der Waals surface area contributed by atoms with Gasteiger partial charge < -0.3 is 18.9 Å². The van der Waals surface area contributed by atoms with Crippen LogP contribution in [0.25, 0.3) is 0 Å². The summed E-state index contributed by atoms with van der Waals surface area (Å²) >= 11 is 0. The molecule has 2 fully saturated rings. The smallest absolute Gasteiger partial charge is 0.183 e. The Bertz CT molecular complexity index is 591. The van der Waals surface area contributed by atoms with Crippen LogP contribution < -0.4 is 0 Å². The standard InChI is InChI=1S/C20H25NO4/c1-2-3-16-11-22-19(23-12-16)9-6-17-13-24-20(25-14-17)18-7-4-15(10-21)5-8-18/h2-5,7-8,16-17,19-20H,6,9,11-14H2,1H3/b3-2+/t16-,17?,19-,20?. The van der Waals surface area contributed by atoms with Crippen molar-refractivity contribution < 1.29 is 18.9 Å². The Morgan fingerprint density at radius 2 is 1.68 bits per heavy atom. The van der Waals surface area contributed by atoms with E-state index < -0.39 is 0 Å². The largest absolute Gasteiger partial charge is 0.352 e. The van der Waals surface area contributed by atoms with Gasteiger partial charge in [0.05, 0.1) is 38.1 Å². The molecule has 5 nitrogen and oxygen atoms in total. The van der Waals surface area contributed by atoms with Gasteiger partial charge in [0.2, 0.25) is 0 Å². The number of benzene rings is 1. The molecule has 2 aliphatic heterocycles. The molecule has 0 spiro atoms. The second-order valence-corrected chi connectivity index (χ2v) is 6.56. The lowest BCUT2D eigenvalue weighted by Gasteiger charge is -2.32. The Morgan fingerprint density at radius 1 is 1.00 bits per heavy atom. The predicted molar refractivity (Wildman–Crippen MR) is 92.5 cm³/mol. The molecule has 0 radical (unpaired) electrons. The highest BCUT2D eigenvalue weighted by molar-refractivity contribution is 5.32. The monoisotopic (exact) mass is 343 g/mol. The summed E-state index contributed by atoms with van der Waals surface area (Å²) in [4.78, 5) is 0. The molecule has 0 aliphatic carbocycles. The van der Waals surface area contributed by atoms with Gasteiger partial charge in [-0.05, 0) is 31.9 Å². The van der Waals surface area contributed by atoms with E-state index in [9.17, 15) is 0 Å². The molecule has 134 valence electrons. The number of nitriles is 1. The molecule has 0 atom stereocenters. The van der Waals surface area contributed by atoms with Crippen LogP contribution >= 0.6 is 0 Å². The Balaban J connectivity index is 1.37. The van der Waals surface area contributed by atoms with Crippen LogP contribution in [-0.2, 0) is 18.9 Å². The fourth-order valence-electron chi connectivity index (χ4n) is 3.10. The van der Waals surface area contributed by atoms with E-state index in [1.807, 2.05) is 25.1 Å². The topological polar surface area (TPSA) is 60.7 Å². The second kappa shape index (κ2) is 9.12. The van der Waals surface area contributed by atoms with E-state index in [4.69, 9.17) is 24.2 Å². The molecule has 1 aromatic carbocycles. The highest BCUT2D eigenvalue weighted by Gasteiger charge is 2.26. The minimum absolute atomic E-state index is 0.113. The highest BCUT2D eigenvalue weighted by Crippen LogP contribution is 2.28. The van der Waals surface area contributed by atoms with Crippen LogP contribution in [0.15, 0.2) is 36.4 Å². The number of hydrogen-bond donors (Lipinski definition) is 0. The molecule has 2 saturated heterocycles. The van der Waals surface area contributed by atoms with Gasteiger partial charge >= 0.3 is 0 Å². The molecule has 0 saturated carbocycles. The zero-order valence-corrected chi connectivity index (χ0v) is 14.6. The van der Waals surface area contributed by atoms with E-state index >= 15 is 0 Å². The third kappa shape index (κ3) is 5.13. The molecule has 25 heavy (non-hydrogen) atoms. The number of hydrogen-bond acceptors (Lipinski definition) is 5. The predicted octanol–water partition coefficient (Wildman–Crippen LogP) is 3.57. The lowest BCUT2D eigenvalue weighted by Crippen LogP contribution is -2.33. The lowest BCUT2D eigenvalue weighted by atomic mass is 10.0. The first kappa shape index (κ1) is 18.1. The molecule has 2 heterocycles. The van der Waals surface area contributed by atoms with Gasteiger partial charge in [-0.25, -0.2) is 0 Å². The maximum absolute atomic E-state index is 8.85. The zero-order valence-electron chi connectivity index (χ0n) is 14.6. The van der Waals surface area contributed by atoms with Gasteiger partial charge in [0.25, 0.3) is 0 Å². The van der Waals surface area contributed by atoms with Gasteiger partial charge in [-0.2, -0.15) is 5.26 Å². The van der Waals surface area contributed by atoms with Crippen LogP contribution in [-0.4, -0.2) is 32.7 Å². The van der Waals surface area contributed by atoms with Crippen molar-refractivity contribution >= 4 is 0 Å². The summed E-state index contributed by atoms with van der Waals surface area (Å²) in [5.74, 6) is 0.728. The Hall–Kier alpha value is -1.71. The van der Waals surface area contributed by atoms with E-state index in [0.29, 0.717) is 30.6 Å². The van der Waals surface area contributed by atoms with Gasteiger partial charge in [0.1, 0.15) is 0 Å². The molecular formula is C20H25NO4. The number of allylic oxidation sites excluding steroid dienone is 1. The van der Waals surface area contributed by atoms with Crippen LogP contribution in [0, 0.1) is 23.2 Å². The summed E-state index contributed by atoms with van der Waals surface area (Å²) in [5.41, 5.74) is 1.59. The molecule has 0 N–H and O–H groups in total. The molecule has 2 aliphatic rings. The van der Waals surface area contributed by atoms with Crippen LogP contribution in [0.1, 0.15) is 37.2 Å². The first-order chi connectivity index (χ1) is 12.3. The second-order valence-electron chi connectivity index (χ2n) is 6.56. The third-order valence-electron chi connectivity index (χ3n) is 4.55. The Labute approximate surface area is 149 Å². The number of nitrogens with zero attached hydrogens (tertiary/aromatic N) is 1. The molecule has 0 bridgehead atoms. The Kier molecular flexibility index (Phi) is 6.60. The van der Waals surface area contributed by atoms with E-state index in [-0.39, 0.29) is 12.6 Å². The van der Waals surface area contributed by atoms with Crippen molar-refractivity contribution in [1.29, 1.82) is 5.26 Å². The minimum atomic E-state index is -0.340. The van der Waals surface area contributed by atoms with Crippen molar-refractivity contribution in [1.82, 2.24) is 0 Å². The van der Waals surface area contributed by atoms with Crippen LogP contribution in [0.2, 0.25) is 0 Å². The SMILES string of the molecule is C/C=C/[C@H]1CO[C@H](CCC2COC(c3ccc(C#N)cc3)OC2)OC1. The molecule has 3 rings (SSSR count). The number of ether oxygens (including phenoxy) is 4. The first-order valence-corrected chi connectivity index (χ1v) is 8.87. The van der Waals surface area contributed by atoms with Crippen molar-refractivity contribution in [2.75, 3.05) is 26.4 Å². The quantitative estimate of drug-likeness (QED) is 0.765. The highest BCUT2D eigenvalue weighted by atomic mass is 16.7. The maximum atomic E-state index is 8.85. The van der Waals surface area contributed by atoms with Crippen molar-refractivity contribution in [3.8, 4) is 6.07 Å². The summed E-state index contributed by atoms with van der Waals surface area (Å²) in [6, 6.07) is 9.45. The summed E-state index contributed by atoms with van der Waals surface area (Å²) in [5, 5.41) is 8.85. The number of rotatable bonds is 5.